The molecular weight excluding hydrogens is 233 g/mol. The first-order valence-corrected chi connectivity index (χ1v) is 14.4. The van der Waals surface area contributed by atoms with E-state index in [0.717, 1.165) is 0 Å². The van der Waals surface area contributed by atoms with Gasteiger partial charge < -0.3 is 0 Å². The van der Waals surface area contributed by atoms with Crippen molar-refractivity contribution in [2.45, 2.75) is 68.1 Å². The molecule has 0 atom stereocenters. The molecule has 0 aromatic rings. The van der Waals surface area contributed by atoms with Crippen LogP contribution in [-0.2, 0) is 0 Å². The molecule has 0 nitrogen and oxygen atoms in total. The SMILES string of the molecule is CC[Si](CC)(CC)CC[CH2][Ge]([CH3])[CH3]. The fraction of sp³-hybridized carbons (Fsp3) is 1.00. The summed E-state index contributed by atoms with van der Waals surface area (Å²) in [6, 6.07) is 6.17. The first-order valence-electron chi connectivity index (χ1n) is 5.89. The third-order valence-corrected chi connectivity index (χ3v) is 12.4. The van der Waals surface area contributed by atoms with E-state index in [9.17, 15) is 0 Å². The summed E-state index contributed by atoms with van der Waals surface area (Å²) in [5.74, 6) is 5.01. The van der Waals surface area contributed by atoms with Crippen molar-refractivity contribution in [2.75, 3.05) is 0 Å². The van der Waals surface area contributed by atoms with Crippen molar-refractivity contribution >= 4 is 22.4 Å². The summed E-state index contributed by atoms with van der Waals surface area (Å²) in [6.45, 7) is 7.27. The van der Waals surface area contributed by atoms with Gasteiger partial charge in [-0.1, -0.05) is 0 Å². The van der Waals surface area contributed by atoms with Gasteiger partial charge in [0.05, 0.1) is 0 Å². The van der Waals surface area contributed by atoms with Crippen molar-refractivity contribution in [3.63, 3.8) is 0 Å². The van der Waals surface area contributed by atoms with E-state index in [1.165, 1.54) is 18.1 Å². The molecule has 2 heteroatoms. The molecule has 1 radical (unpaired) electrons. The van der Waals surface area contributed by atoms with Crippen LogP contribution in [0.1, 0.15) is 27.2 Å². The molecule has 0 heterocycles. The zero-order valence-corrected chi connectivity index (χ0v) is 13.3. The molecule has 0 saturated heterocycles. The molecule has 0 amide bonds. The van der Waals surface area contributed by atoms with Crippen LogP contribution in [0.5, 0.6) is 0 Å². The van der Waals surface area contributed by atoms with Gasteiger partial charge in [0.15, 0.2) is 0 Å². The Morgan fingerprint density at radius 2 is 1.38 bits per heavy atom. The molecule has 0 spiro atoms. The van der Waals surface area contributed by atoms with Crippen molar-refractivity contribution < 1.29 is 0 Å². The standard InChI is InChI=1S/C11H27GeSi/c1-6-13(7-2,8-3)11-9-10-12(4)5/h6-11H2,1-5H3. The zero-order chi connectivity index (χ0) is 10.3. The summed E-state index contributed by atoms with van der Waals surface area (Å²) in [4.78, 5) is 0. The van der Waals surface area contributed by atoms with Gasteiger partial charge in [-0.25, -0.2) is 0 Å². The minimum absolute atomic E-state index is 0.505. The molecular formula is C11H27GeSi. The molecule has 0 aromatic carbocycles. The van der Waals surface area contributed by atoms with Crippen LogP contribution in [-0.4, -0.2) is 22.4 Å². The second kappa shape index (κ2) is 7.10. The molecule has 0 aromatic heterocycles. The summed E-state index contributed by atoms with van der Waals surface area (Å²) in [5.41, 5.74) is 0. The van der Waals surface area contributed by atoms with E-state index in [0.29, 0.717) is 0 Å². The molecule has 0 unspecified atom stereocenters. The van der Waals surface area contributed by atoms with E-state index < -0.39 is 22.4 Å². The Labute approximate surface area is 90.6 Å². The van der Waals surface area contributed by atoms with Crippen LogP contribution in [0.25, 0.3) is 0 Å². The summed E-state index contributed by atoms with van der Waals surface area (Å²) in [5, 5.41) is 1.61. The Hall–Kier alpha value is 0.760. The normalized spacial score (nSPS) is 12.5. The molecule has 0 aliphatic heterocycles. The Balaban J connectivity index is 3.81. The average Bonchev–Trinajstić information content (AvgIpc) is 2.13. The third-order valence-electron chi connectivity index (χ3n) is 3.63. The summed E-state index contributed by atoms with van der Waals surface area (Å²) < 4.78 is 0. The van der Waals surface area contributed by atoms with E-state index in [1.54, 1.807) is 17.7 Å². The quantitative estimate of drug-likeness (QED) is 0.585. The van der Waals surface area contributed by atoms with Gasteiger partial charge >= 0.3 is 90.6 Å². The predicted octanol–water partition coefficient (Wildman–Crippen LogP) is 4.64. The van der Waals surface area contributed by atoms with E-state index in [-0.39, 0.29) is 0 Å². The maximum absolute atomic E-state index is 2.51. The van der Waals surface area contributed by atoms with Crippen LogP contribution < -0.4 is 0 Å². The van der Waals surface area contributed by atoms with Crippen molar-refractivity contribution in [2.24, 2.45) is 0 Å². The fourth-order valence-electron chi connectivity index (χ4n) is 2.10. The van der Waals surface area contributed by atoms with Crippen molar-refractivity contribution in [3.8, 4) is 0 Å². The molecule has 79 valence electrons. The van der Waals surface area contributed by atoms with Gasteiger partial charge in [-0.3, -0.25) is 0 Å². The Morgan fingerprint density at radius 1 is 0.923 bits per heavy atom. The van der Waals surface area contributed by atoms with E-state index in [2.05, 4.69) is 32.3 Å². The van der Waals surface area contributed by atoms with Crippen LogP contribution in [0.15, 0.2) is 0 Å². The zero-order valence-electron chi connectivity index (χ0n) is 10.2. The third kappa shape index (κ3) is 5.26. The monoisotopic (exact) mass is 261 g/mol. The first-order chi connectivity index (χ1) is 6.10. The second-order valence-corrected chi connectivity index (χ2v) is 16.4. The number of hydrogen-bond acceptors (Lipinski definition) is 0. The van der Waals surface area contributed by atoms with E-state index in [1.807, 2.05) is 0 Å². The van der Waals surface area contributed by atoms with Crippen LogP contribution in [0.3, 0.4) is 0 Å². The molecule has 0 aliphatic carbocycles. The van der Waals surface area contributed by atoms with Gasteiger partial charge in [0.25, 0.3) is 0 Å². The van der Waals surface area contributed by atoms with Gasteiger partial charge in [-0.05, 0) is 0 Å². The van der Waals surface area contributed by atoms with E-state index in [4.69, 9.17) is 0 Å². The van der Waals surface area contributed by atoms with Gasteiger partial charge in [0, 0.05) is 0 Å². The van der Waals surface area contributed by atoms with Gasteiger partial charge in [0.2, 0.25) is 0 Å². The second-order valence-electron chi connectivity index (χ2n) is 4.62. The maximum atomic E-state index is 2.51. The van der Waals surface area contributed by atoms with E-state index >= 15 is 0 Å². The minimum atomic E-state index is -0.758. The average molecular weight is 260 g/mol. The van der Waals surface area contributed by atoms with Gasteiger partial charge in [0.1, 0.15) is 0 Å². The molecule has 0 rings (SSSR count). The fourth-order valence-corrected chi connectivity index (χ4v) is 8.18. The summed E-state index contributed by atoms with van der Waals surface area (Å²) in [6.07, 6.45) is 1.56. The summed E-state index contributed by atoms with van der Waals surface area (Å²) >= 11 is -0.505. The Morgan fingerprint density at radius 3 is 1.69 bits per heavy atom. The molecule has 0 N–H and O–H groups in total. The molecule has 0 aliphatic rings. The van der Waals surface area contributed by atoms with Gasteiger partial charge in [-0.2, -0.15) is 0 Å². The van der Waals surface area contributed by atoms with Gasteiger partial charge in [-0.15, -0.1) is 0 Å². The van der Waals surface area contributed by atoms with Crippen LogP contribution in [0, 0.1) is 0 Å². The molecule has 0 fully saturated rings. The van der Waals surface area contributed by atoms with Crippen LogP contribution >= 0.6 is 0 Å². The Bertz CT molecular complexity index is 111. The topological polar surface area (TPSA) is 0 Å². The number of rotatable bonds is 7. The number of hydrogen-bond donors (Lipinski definition) is 0. The summed E-state index contributed by atoms with van der Waals surface area (Å²) in [7, 11) is -0.758. The van der Waals surface area contributed by atoms with Crippen molar-refractivity contribution in [1.82, 2.24) is 0 Å². The molecule has 0 saturated carbocycles. The Kier molecular flexibility index (Phi) is 7.52. The molecule has 13 heavy (non-hydrogen) atoms. The van der Waals surface area contributed by atoms with Crippen molar-refractivity contribution in [3.05, 3.63) is 0 Å². The predicted molar refractivity (Wildman–Crippen MR) is 68.9 cm³/mol. The first kappa shape index (κ1) is 13.8. The van der Waals surface area contributed by atoms with Crippen LogP contribution in [0.4, 0.5) is 0 Å². The molecule has 0 bridgehead atoms. The van der Waals surface area contributed by atoms with Crippen molar-refractivity contribution in [1.29, 1.82) is 0 Å². The van der Waals surface area contributed by atoms with Crippen LogP contribution in [0.2, 0.25) is 40.9 Å².